The molecule has 2 aliphatic rings. The molecular weight excluding hydrogens is 563 g/mol. The van der Waals surface area contributed by atoms with Crippen LogP contribution in [0.25, 0.3) is 89.7 Å². The summed E-state index contributed by atoms with van der Waals surface area (Å²) in [7, 11) is 0. The minimum absolute atomic E-state index is 0. The molecule has 2 aliphatic heterocycles. The van der Waals surface area contributed by atoms with Gasteiger partial charge in [0.1, 0.15) is 28.4 Å². The zero-order valence-electron chi connectivity index (χ0n) is 21.7. The first kappa shape index (κ1) is 24.7. The van der Waals surface area contributed by atoms with Crippen LogP contribution in [0, 0.1) is 5.82 Å². The molecule has 7 aromatic rings. The van der Waals surface area contributed by atoms with E-state index in [0.29, 0.717) is 56.7 Å². The maximum Gasteiger partial charge on any atom is 2.00 e. The molecular formula is C32H17FN8Ti+2. The number of aromatic nitrogens is 8. The summed E-state index contributed by atoms with van der Waals surface area (Å²) in [6, 6.07) is 28.4. The van der Waals surface area contributed by atoms with Gasteiger partial charge in [-0.25, -0.2) is 34.3 Å². The average Bonchev–Trinajstić information content (AvgIpc) is 3.73. The zero-order chi connectivity index (χ0) is 27.1. The third-order valence-corrected chi connectivity index (χ3v) is 7.53. The second-order valence-corrected chi connectivity index (χ2v) is 9.91. The Balaban J connectivity index is 0.00000267. The van der Waals surface area contributed by atoms with Crippen molar-refractivity contribution in [3.63, 3.8) is 0 Å². The van der Waals surface area contributed by atoms with Gasteiger partial charge in [-0.1, -0.05) is 84.9 Å². The number of nitrogens with one attached hydrogen (secondary N) is 2. The summed E-state index contributed by atoms with van der Waals surface area (Å²) in [4.78, 5) is 36.0. The van der Waals surface area contributed by atoms with E-state index in [9.17, 15) is 0 Å². The van der Waals surface area contributed by atoms with Gasteiger partial charge in [0.05, 0.1) is 5.39 Å². The Bertz CT molecular complexity index is 2410. The molecule has 10 heteroatoms. The van der Waals surface area contributed by atoms with Gasteiger partial charge >= 0.3 is 21.7 Å². The first-order valence-corrected chi connectivity index (χ1v) is 13.1. The molecule has 0 spiro atoms. The van der Waals surface area contributed by atoms with E-state index >= 15 is 4.39 Å². The van der Waals surface area contributed by atoms with E-state index in [1.54, 1.807) is 6.07 Å². The van der Waals surface area contributed by atoms with E-state index in [1.165, 1.54) is 6.07 Å². The van der Waals surface area contributed by atoms with E-state index < -0.39 is 5.82 Å². The minimum Gasteiger partial charge on any atom is -0.324 e. The van der Waals surface area contributed by atoms with Crippen LogP contribution < -0.4 is 0 Å². The fourth-order valence-electron chi connectivity index (χ4n) is 5.65. The number of halogens is 1. The molecule has 0 atom stereocenters. The van der Waals surface area contributed by atoms with Crippen LogP contribution in [-0.4, -0.2) is 39.9 Å². The molecule has 0 fully saturated rings. The molecule has 8 nitrogen and oxygen atoms in total. The van der Waals surface area contributed by atoms with Crippen molar-refractivity contribution < 1.29 is 26.1 Å². The van der Waals surface area contributed by atoms with E-state index in [1.807, 2.05) is 78.9 Å². The Morgan fingerprint density at radius 1 is 0.405 bits per heavy atom. The van der Waals surface area contributed by atoms with Crippen molar-refractivity contribution in [3.05, 3.63) is 96.8 Å². The number of nitrogens with zero attached hydrogens (tertiary/aromatic N) is 6. The van der Waals surface area contributed by atoms with Crippen LogP contribution in [0.15, 0.2) is 91.0 Å². The molecule has 5 heterocycles. The van der Waals surface area contributed by atoms with Gasteiger partial charge in [-0.2, -0.15) is 0 Å². The predicted molar refractivity (Wildman–Crippen MR) is 156 cm³/mol. The van der Waals surface area contributed by atoms with Crippen molar-refractivity contribution in [1.29, 1.82) is 0 Å². The Labute approximate surface area is 251 Å². The van der Waals surface area contributed by atoms with Gasteiger partial charge in [0.2, 0.25) is 0 Å². The van der Waals surface area contributed by atoms with Crippen LogP contribution in [0.3, 0.4) is 0 Å². The van der Waals surface area contributed by atoms with Crippen molar-refractivity contribution in [2.45, 2.75) is 0 Å². The number of aromatic amines is 2. The molecule has 9 rings (SSSR count). The zero-order valence-corrected chi connectivity index (χ0v) is 23.3. The quantitative estimate of drug-likeness (QED) is 0.187. The van der Waals surface area contributed by atoms with E-state index in [4.69, 9.17) is 29.9 Å². The molecule has 0 radical (unpaired) electrons. The van der Waals surface area contributed by atoms with E-state index in [0.717, 1.165) is 33.0 Å². The molecule has 0 aliphatic carbocycles. The Morgan fingerprint density at radius 3 is 1.29 bits per heavy atom. The number of H-pyrrole nitrogens is 2. The molecule has 2 N–H and O–H groups in total. The second kappa shape index (κ2) is 9.20. The van der Waals surface area contributed by atoms with Gasteiger partial charge in [-0.3, -0.25) is 0 Å². The first-order chi connectivity index (χ1) is 20.2. The van der Waals surface area contributed by atoms with Crippen molar-refractivity contribution in [1.82, 2.24) is 39.9 Å². The van der Waals surface area contributed by atoms with Gasteiger partial charge in [0.15, 0.2) is 23.3 Å². The molecule has 0 unspecified atom stereocenters. The van der Waals surface area contributed by atoms with Crippen LogP contribution in [0.2, 0.25) is 0 Å². The standard InChI is InChI=1S/C32H17FN8.Ti/c33-23-15-7-14-22-24(23)32-40-30-21-13-6-5-12-20(21)28(38-30)36-26-17-9-2-1-8-16(17)25(34-26)35-27-18-10-3-4-11-19(18)29(37-27)39-31(22)41-32;/h1-15H,(H2,34,35,36,37,38,39,40,41);/q;+2. The summed E-state index contributed by atoms with van der Waals surface area (Å²) in [5.41, 5.74) is 5.37. The van der Waals surface area contributed by atoms with Crippen molar-refractivity contribution in [2.75, 3.05) is 0 Å². The maximum absolute atomic E-state index is 15.3. The Kier molecular flexibility index (Phi) is 5.40. The van der Waals surface area contributed by atoms with Crippen LogP contribution >= 0.6 is 0 Å². The second-order valence-electron chi connectivity index (χ2n) is 9.91. The number of benzene rings is 4. The van der Waals surface area contributed by atoms with Crippen molar-refractivity contribution in [3.8, 4) is 45.6 Å². The van der Waals surface area contributed by atoms with E-state index in [-0.39, 0.29) is 21.7 Å². The fourth-order valence-corrected chi connectivity index (χ4v) is 5.65. The SMILES string of the molecule is Fc1cccc2c3nc4nc(nc5[nH]c(nc6nc(nc([nH]3)c12)-c1ccccc1-6)c1ccccc51)-c1ccccc1-4.[Ti+2]. The third kappa shape index (κ3) is 3.57. The normalized spacial score (nSPS) is 11.7. The van der Waals surface area contributed by atoms with Crippen LogP contribution in [-0.2, 0) is 21.7 Å². The predicted octanol–water partition coefficient (Wildman–Crippen LogP) is 7.01. The number of rotatable bonds is 0. The largest absolute Gasteiger partial charge is 2.00 e. The van der Waals surface area contributed by atoms with Gasteiger partial charge in [0.25, 0.3) is 0 Å². The molecule has 42 heavy (non-hydrogen) atoms. The topological polar surface area (TPSA) is 109 Å². The fraction of sp³-hybridized carbons (Fsp3) is 0. The molecule has 4 aromatic carbocycles. The minimum atomic E-state index is -0.404. The number of fused-ring (bicyclic) bond motifs is 20. The molecule has 8 bridgehead atoms. The van der Waals surface area contributed by atoms with Gasteiger partial charge in [-0.15, -0.1) is 0 Å². The van der Waals surface area contributed by atoms with E-state index in [2.05, 4.69) is 9.97 Å². The number of hydrogen-bond acceptors (Lipinski definition) is 6. The molecule has 0 saturated heterocycles. The summed E-state index contributed by atoms with van der Waals surface area (Å²) in [6.07, 6.45) is 0. The van der Waals surface area contributed by atoms with Crippen molar-refractivity contribution in [2.24, 2.45) is 0 Å². The van der Waals surface area contributed by atoms with Crippen LogP contribution in [0.5, 0.6) is 0 Å². The number of hydrogen-bond donors (Lipinski definition) is 2. The van der Waals surface area contributed by atoms with Gasteiger partial charge in [0, 0.05) is 38.4 Å². The summed E-state index contributed by atoms with van der Waals surface area (Å²) >= 11 is 0. The first-order valence-electron chi connectivity index (χ1n) is 13.1. The molecule has 194 valence electrons. The summed E-state index contributed by atoms with van der Waals surface area (Å²) in [6.45, 7) is 0. The molecule has 0 amide bonds. The van der Waals surface area contributed by atoms with Crippen LogP contribution in [0.1, 0.15) is 0 Å². The maximum atomic E-state index is 15.3. The Morgan fingerprint density at radius 2 is 0.786 bits per heavy atom. The Hall–Kier alpha value is -5.12. The summed E-state index contributed by atoms with van der Waals surface area (Å²) in [5.74, 6) is 1.54. The van der Waals surface area contributed by atoms with Gasteiger partial charge < -0.3 is 9.97 Å². The van der Waals surface area contributed by atoms with Gasteiger partial charge in [-0.05, 0) is 6.07 Å². The summed E-state index contributed by atoms with van der Waals surface area (Å²) < 4.78 is 15.3. The smallest absolute Gasteiger partial charge is 0.324 e. The van der Waals surface area contributed by atoms with Crippen LogP contribution in [0.4, 0.5) is 4.39 Å². The molecule has 0 saturated carbocycles. The average molecular weight is 580 g/mol. The third-order valence-electron chi connectivity index (χ3n) is 7.53. The van der Waals surface area contributed by atoms with Crippen molar-refractivity contribution >= 4 is 44.1 Å². The monoisotopic (exact) mass is 580 g/mol. The summed E-state index contributed by atoms with van der Waals surface area (Å²) in [5, 5.41) is 2.75. The molecule has 3 aromatic heterocycles.